The Bertz CT molecular complexity index is 481. The third kappa shape index (κ3) is 3.39. The van der Waals surface area contributed by atoms with Crippen LogP contribution in [-0.4, -0.2) is 71.0 Å². The lowest BCUT2D eigenvalue weighted by Gasteiger charge is -2.38. The molecule has 0 radical (unpaired) electrons. The van der Waals surface area contributed by atoms with Gasteiger partial charge in [0.2, 0.25) is 0 Å². The van der Waals surface area contributed by atoms with E-state index in [2.05, 4.69) is 0 Å². The first-order valence-corrected chi connectivity index (χ1v) is 8.65. The summed E-state index contributed by atoms with van der Waals surface area (Å²) in [6.45, 7) is 4.69. The van der Waals surface area contributed by atoms with Crippen LogP contribution in [0.4, 0.5) is 0 Å². The Kier molecular flexibility index (Phi) is 4.02. The number of rotatable bonds is 3. The molecule has 3 heterocycles. The summed E-state index contributed by atoms with van der Waals surface area (Å²) < 4.78 is 56.3. The molecule has 0 unspecified atom stereocenters. The molecule has 21 heavy (non-hydrogen) atoms. The zero-order valence-corrected chi connectivity index (χ0v) is 13.0. The molecule has 3 rings (SSSR count). The predicted molar refractivity (Wildman–Crippen MR) is 69.0 cm³/mol. The zero-order valence-electron chi connectivity index (χ0n) is 12.2. The molecule has 122 valence electrons. The molecule has 3 aliphatic rings. The first-order chi connectivity index (χ1) is 9.75. The minimum atomic E-state index is -3.67. The number of fused-ring (bicyclic) bond motifs is 1. The van der Waals surface area contributed by atoms with E-state index in [9.17, 15) is 8.42 Å². The highest BCUT2D eigenvalue weighted by Crippen LogP contribution is 2.37. The first kappa shape index (κ1) is 15.6. The molecular weight excluding hydrogens is 304 g/mol. The summed E-state index contributed by atoms with van der Waals surface area (Å²) in [5.41, 5.74) is 0. The number of ether oxygens (including phenoxy) is 5. The second-order valence-electron chi connectivity index (χ2n) is 5.81. The van der Waals surface area contributed by atoms with Crippen LogP contribution >= 0.6 is 0 Å². The van der Waals surface area contributed by atoms with Crippen LogP contribution in [0.1, 0.15) is 13.8 Å². The van der Waals surface area contributed by atoms with Crippen molar-refractivity contribution in [3.05, 3.63) is 0 Å². The van der Waals surface area contributed by atoms with Gasteiger partial charge in [0, 0.05) is 0 Å². The van der Waals surface area contributed by atoms with Crippen LogP contribution in [0, 0.1) is 0 Å². The highest BCUT2D eigenvalue weighted by Gasteiger charge is 2.56. The lowest BCUT2D eigenvalue weighted by molar-refractivity contribution is -0.299. The van der Waals surface area contributed by atoms with E-state index in [4.69, 9.17) is 27.9 Å². The number of hydrogen-bond acceptors (Lipinski definition) is 8. The molecule has 8 nitrogen and oxygen atoms in total. The van der Waals surface area contributed by atoms with Crippen molar-refractivity contribution in [3.63, 3.8) is 0 Å². The van der Waals surface area contributed by atoms with Gasteiger partial charge in [-0.25, -0.2) is 0 Å². The summed E-state index contributed by atoms with van der Waals surface area (Å²) in [6, 6.07) is 0. The van der Waals surface area contributed by atoms with Gasteiger partial charge in [-0.15, -0.1) is 0 Å². The van der Waals surface area contributed by atoms with Crippen LogP contribution in [0.3, 0.4) is 0 Å². The molecule has 3 saturated heterocycles. The van der Waals surface area contributed by atoms with Gasteiger partial charge in [-0.2, -0.15) is 8.42 Å². The maximum absolute atomic E-state index is 11.5. The smallest absolute Gasteiger partial charge is 0.264 e. The Morgan fingerprint density at radius 3 is 2.43 bits per heavy atom. The molecule has 0 amide bonds. The molecule has 4 atom stereocenters. The summed E-state index contributed by atoms with van der Waals surface area (Å²) in [4.78, 5) is 0. The average molecular weight is 324 g/mol. The molecule has 0 spiro atoms. The second-order valence-corrected chi connectivity index (χ2v) is 7.41. The van der Waals surface area contributed by atoms with Crippen LogP contribution in [0.25, 0.3) is 0 Å². The van der Waals surface area contributed by atoms with Gasteiger partial charge in [-0.3, -0.25) is 4.18 Å². The molecule has 0 aromatic rings. The molecule has 0 bridgehead atoms. The zero-order chi connectivity index (χ0) is 15.3. The minimum Gasteiger partial charge on any atom is -0.362 e. The van der Waals surface area contributed by atoms with Gasteiger partial charge in [0.1, 0.15) is 24.4 Å². The van der Waals surface area contributed by atoms with Gasteiger partial charge >= 0.3 is 0 Å². The summed E-state index contributed by atoms with van der Waals surface area (Å²) >= 11 is 0. The normalized spacial score (nSPS) is 40.3. The van der Waals surface area contributed by atoms with Crippen molar-refractivity contribution in [2.24, 2.45) is 0 Å². The second kappa shape index (κ2) is 5.41. The number of hydrogen-bond donors (Lipinski definition) is 0. The third-order valence-corrected chi connectivity index (χ3v) is 4.13. The van der Waals surface area contributed by atoms with Crippen LogP contribution in [-0.2, 0) is 38.0 Å². The SMILES string of the molecule is CC1(C)OC[C@@H]2O[C@@H](C3OCCO3)[C@@H](OS(C)(=O)=O)[C@@H]2O1. The highest BCUT2D eigenvalue weighted by molar-refractivity contribution is 7.86. The third-order valence-electron chi connectivity index (χ3n) is 3.56. The molecule has 0 aliphatic carbocycles. The molecular formula is C12H20O8S. The van der Waals surface area contributed by atoms with Gasteiger partial charge in [-0.1, -0.05) is 0 Å². The lowest BCUT2D eigenvalue weighted by Crippen LogP contribution is -2.51. The summed E-state index contributed by atoms with van der Waals surface area (Å²) in [5.74, 6) is -0.823. The van der Waals surface area contributed by atoms with E-state index in [0.717, 1.165) is 6.26 Å². The van der Waals surface area contributed by atoms with E-state index in [1.54, 1.807) is 13.8 Å². The first-order valence-electron chi connectivity index (χ1n) is 6.84. The topological polar surface area (TPSA) is 89.5 Å². The fraction of sp³-hybridized carbons (Fsp3) is 1.00. The van der Waals surface area contributed by atoms with Crippen LogP contribution < -0.4 is 0 Å². The Morgan fingerprint density at radius 2 is 1.81 bits per heavy atom. The quantitative estimate of drug-likeness (QED) is 0.649. The van der Waals surface area contributed by atoms with E-state index in [1.807, 2.05) is 0 Å². The minimum absolute atomic E-state index is 0.296. The standard InChI is InChI=1S/C12H20O8S/c1-12(2)17-6-7-8(19-12)9(20-21(3,13)14)10(18-7)11-15-4-5-16-11/h7-11H,4-6H2,1-3H3/t7-,8+,9-,10+/m0/s1. The predicted octanol–water partition coefficient (Wildman–Crippen LogP) is -0.377. The van der Waals surface area contributed by atoms with Crippen molar-refractivity contribution in [1.29, 1.82) is 0 Å². The molecule has 0 aromatic carbocycles. The molecule has 0 N–H and O–H groups in total. The van der Waals surface area contributed by atoms with Crippen LogP contribution in [0.2, 0.25) is 0 Å². The van der Waals surface area contributed by atoms with Crippen molar-refractivity contribution < 1.29 is 36.3 Å². The Morgan fingerprint density at radius 1 is 1.14 bits per heavy atom. The van der Waals surface area contributed by atoms with Crippen molar-refractivity contribution >= 4 is 10.1 Å². The van der Waals surface area contributed by atoms with Crippen molar-refractivity contribution in [2.45, 2.75) is 50.3 Å². The lowest BCUT2D eigenvalue weighted by atomic mass is 10.1. The van der Waals surface area contributed by atoms with Gasteiger partial charge < -0.3 is 23.7 Å². The molecule has 9 heteroatoms. The molecule has 0 saturated carbocycles. The molecule has 3 fully saturated rings. The van der Waals surface area contributed by atoms with Gasteiger partial charge in [0.25, 0.3) is 10.1 Å². The van der Waals surface area contributed by atoms with Gasteiger partial charge in [-0.05, 0) is 13.8 Å². The van der Waals surface area contributed by atoms with Crippen LogP contribution in [0.5, 0.6) is 0 Å². The van der Waals surface area contributed by atoms with E-state index < -0.39 is 46.6 Å². The summed E-state index contributed by atoms with van der Waals surface area (Å²) in [6.07, 6.45) is -2.12. The molecule has 3 aliphatic heterocycles. The Balaban J connectivity index is 1.83. The Labute approximate surface area is 123 Å². The summed E-state index contributed by atoms with van der Waals surface area (Å²) in [7, 11) is -3.67. The van der Waals surface area contributed by atoms with E-state index >= 15 is 0 Å². The van der Waals surface area contributed by atoms with Gasteiger partial charge in [0.15, 0.2) is 12.1 Å². The fourth-order valence-corrected chi connectivity index (χ4v) is 3.40. The summed E-state index contributed by atoms with van der Waals surface area (Å²) in [5, 5.41) is 0. The van der Waals surface area contributed by atoms with E-state index in [0.29, 0.717) is 19.8 Å². The van der Waals surface area contributed by atoms with Crippen molar-refractivity contribution in [2.75, 3.05) is 26.1 Å². The largest absolute Gasteiger partial charge is 0.362 e. The van der Waals surface area contributed by atoms with E-state index in [1.165, 1.54) is 0 Å². The van der Waals surface area contributed by atoms with Crippen LogP contribution in [0.15, 0.2) is 0 Å². The maximum atomic E-state index is 11.5. The van der Waals surface area contributed by atoms with Crippen molar-refractivity contribution in [3.8, 4) is 0 Å². The average Bonchev–Trinajstić information content (AvgIpc) is 2.95. The molecule has 0 aromatic heterocycles. The Hall–Kier alpha value is -0.290. The van der Waals surface area contributed by atoms with Crippen molar-refractivity contribution in [1.82, 2.24) is 0 Å². The van der Waals surface area contributed by atoms with Gasteiger partial charge in [0.05, 0.1) is 26.1 Å². The highest BCUT2D eigenvalue weighted by atomic mass is 32.2. The van der Waals surface area contributed by atoms with E-state index in [-0.39, 0.29) is 0 Å². The fourth-order valence-electron chi connectivity index (χ4n) is 2.77. The maximum Gasteiger partial charge on any atom is 0.264 e. The monoisotopic (exact) mass is 324 g/mol.